The van der Waals surface area contributed by atoms with E-state index in [0.717, 1.165) is 44.4 Å². The van der Waals surface area contributed by atoms with Gasteiger partial charge in [0.25, 0.3) is 0 Å². The van der Waals surface area contributed by atoms with Crippen molar-refractivity contribution in [3.8, 4) is 22.8 Å². The lowest BCUT2D eigenvalue weighted by atomic mass is 10.1. The number of benzene rings is 2. The van der Waals surface area contributed by atoms with E-state index in [1.54, 1.807) is 6.20 Å². The minimum Gasteiger partial charge on any atom is -0.345 e. The van der Waals surface area contributed by atoms with Gasteiger partial charge in [-0.15, -0.1) is 0 Å². The second-order valence-corrected chi connectivity index (χ2v) is 5.59. The topological polar surface area (TPSA) is 57.4 Å². The zero-order chi connectivity index (χ0) is 15.1. The number of fused-ring (bicyclic) bond motifs is 1. The molecule has 0 saturated heterocycles. The first kappa shape index (κ1) is 13.1. The second-order valence-electron chi connectivity index (χ2n) is 5.19. The first-order valence-corrected chi connectivity index (χ1v) is 7.35. The van der Waals surface area contributed by atoms with Crippen LogP contribution in [-0.2, 0) is 0 Å². The van der Waals surface area contributed by atoms with Gasteiger partial charge in [-0.2, -0.15) is 0 Å². The lowest BCUT2D eigenvalue weighted by Gasteiger charge is -2.04. The van der Waals surface area contributed by atoms with Crippen LogP contribution in [0.4, 0.5) is 0 Å². The molecule has 0 aliphatic carbocycles. The highest BCUT2D eigenvalue weighted by Gasteiger charge is 2.13. The number of nitrogens with one attached hydrogen (secondary N) is 2. The van der Waals surface area contributed by atoms with Gasteiger partial charge < -0.3 is 9.97 Å². The van der Waals surface area contributed by atoms with Gasteiger partial charge in [-0.25, -0.2) is 9.97 Å². The predicted octanol–water partition coefficient (Wildman–Crippen LogP) is 4.58. The van der Waals surface area contributed by atoms with Gasteiger partial charge in [-0.3, -0.25) is 0 Å². The highest BCUT2D eigenvalue weighted by molar-refractivity contribution is 6.32. The molecule has 0 bridgehead atoms. The molecule has 0 radical (unpaired) electrons. The molecule has 0 aliphatic rings. The van der Waals surface area contributed by atoms with Crippen LogP contribution in [0.5, 0.6) is 0 Å². The van der Waals surface area contributed by atoms with Crippen LogP contribution < -0.4 is 0 Å². The molecule has 2 N–H and O–H groups in total. The summed E-state index contributed by atoms with van der Waals surface area (Å²) in [5, 5.41) is 0.727. The Morgan fingerprint density at radius 1 is 1.05 bits per heavy atom. The molecule has 0 amide bonds. The maximum absolute atomic E-state index is 6.19. The molecule has 108 valence electrons. The van der Waals surface area contributed by atoms with Crippen LogP contribution in [0.3, 0.4) is 0 Å². The molecule has 0 aliphatic heterocycles. The number of hydrogen-bond acceptors (Lipinski definition) is 2. The van der Waals surface area contributed by atoms with Crippen LogP contribution >= 0.6 is 11.6 Å². The van der Waals surface area contributed by atoms with Crippen LogP contribution in [-0.4, -0.2) is 19.9 Å². The Balaban J connectivity index is 1.93. The Hall–Kier alpha value is -2.59. The number of rotatable bonds is 2. The summed E-state index contributed by atoms with van der Waals surface area (Å²) in [6.07, 6.45) is 3.56. The van der Waals surface area contributed by atoms with Gasteiger partial charge in [0.15, 0.2) is 0 Å². The predicted molar refractivity (Wildman–Crippen MR) is 88.9 cm³/mol. The van der Waals surface area contributed by atoms with E-state index in [2.05, 4.69) is 19.9 Å². The SMILES string of the molecule is Cc1cc2[nH]c(-c3ccccc3-c3ncc[nH]3)nc2cc1Cl. The van der Waals surface area contributed by atoms with Gasteiger partial charge >= 0.3 is 0 Å². The third-order valence-corrected chi connectivity index (χ3v) is 4.11. The van der Waals surface area contributed by atoms with Crippen LogP contribution in [0.2, 0.25) is 5.02 Å². The monoisotopic (exact) mass is 308 g/mol. The molecule has 2 aromatic heterocycles. The molecular weight excluding hydrogens is 296 g/mol. The standard InChI is InChI=1S/C17H13ClN4/c1-10-8-14-15(9-13(10)18)22-17(21-14)12-5-3-2-4-11(12)16-19-6-7-20-16/h2-9H,1H3,(H,19,20)(H,21,22). The number of aromatic amines is 2. The Morgan fingerprint density at radius 2 is 1.82 bits per heavy atom. The second kappa shape index (κ2) is 5.00. The fourth-order valence-electron chi connectivity index (χ4n) is 2.58. The van der Waals surface area contributed by atoms with Crippen LogP contribution in [0.25, 0.3) is 33.8 Å². The van der Waals surface area contributed by atoms with E-state index in [9.17, 15) is 0 Å². The Bertz CT molecular complexity index is 915. The average molecular weight is 309 g/mol. The maximum atomic E-state index is 6.19. The fraction of sp³-hybridized carbons (Fsp3) is 0.0588. The largest absolute Gasteiger partial charge is 0.345 e. The maximum Gasteiger partial charge on any atom is 0.139 e. The molecule has 2 heterocycles. The molecule has 4 rings (SSSR count). The van der Waals surface area contributed by atoms with Gasteiger partial charge in [-0.1, -0.05) is 35.9 Å². The highest BCUT2D eigenvalue weighted by atomic mass is 35.5. The molecule has 0 atom stereocenters. The van der Waals surface area contributed by atoms with E-state index in [-0.39, 0.29) is 0 Å². The van der Waals surface area contributed by atoms with Gasteiger partial charge in [0.1, 0.15) is 11.6 Å². The van der Waals surface area contributed by atoms with Gasteiger partial charge in [0.05, 0.1) is 11.0 Å². The smallest absolute Gasteiger partial charge is 0.139 e. The first-order chi connectivity index (χ1) is 10.7. The van der Waals surface area contributed by atoms with Crippen molar-refractivity contribution in [2.45, 2.75) is 6.92 Å². The van der Waals surface area contributed by atoms with E-state index in [1.807, 2.05) is 49.5 Å². The van der Waals surface area contributed by atoms with Crippen molar-refractivity contribution in [3.05, 3.63) is 59.4 Å². The molecule has 0 unspecified atom stereocenters. The zero-order valence-electron chi connectivity index (χ0n) is 11.9. The number of nitrogens with zero attached hydrogens (tertiary/aromatic N) is 2. The van der Waals surface area contributed by atoms with Crippen molar-refractivity contribution < 1.29 is 0 Å². The number of imidazole rings is 2. The molecule has 0 saturated carbocycles. The Kier molecular flexibility index (Phi) is 2.98. The Labute approximate surface area is 132 Å². The van der Waals surface area contributed by atoms with Crippen LogP contribution in [0.1, 0.15) is 5.56 Å². The fourth-order valence-corrected chi connectivity index (χ4v) is 2.73. The van der Waals surface area contributed by atoms with E-state index >= 15 is 0 Å². The quantitative estimate of drug-likeness (QED) is 0.569. The summed E-state index contributed by atoms with van der Waals surface area (Å²) in [5.41, 5.74) is 4.88. The molecular formula is C17H13ClN4. The number of H-pyrrole nitrogens is 2. The van der Waals surface area contributed by atoms with E-state index in [0.29, 0.717) is 0 Å². The number of aromatic nitrogens is 4. The van der Waals surface area contributed by atoms with E-state index in [4.69, 9.17) is 11.6 Å². The Morgan fingerprint density at radius 3 is 2.55 bits per heavy atom. The van der Waals surface area contributed by atoms with E-state index < -0.39 is 0 Å². The van der Waals surface area contributed by atoms with Gasteiger partial charge in [-0.05, 0) is 24.6 Å². The van der Waals surface area contributed by atoms with Crippen molar-refractivity contribution in [1.82, 2.24) is 19.9 Å². The van der Waals surface area contributed by atoms with Crippen molar-refractivity contribution in [3.63, 3.8) is 0 Å². The minimum absolute atomic E-state index is 0.727. The lowest BCUT2D eigenvalue weighted by Crippen LogP contribution is -1.88. The average Bonchev–Trinajstić information content (AvgIpc) is 3.17. The number of hydrogen-bond donors (Lipinski definition) is 2. The van der Waals surface area contributed by atoms with Crippen molar-refractivity contribution in [2.75, 3.05) is 0 Å². The molecule has 0 fully saturated rings. The molecule has 4 aromatic rings. The summed E-state index contributed by atoms with van der Waals surface area (Å²) in [6, 6.07) is 12.0. The summed E-state index contributed by atoms with van der Waals surface area (Å²) < 4.78 is 0. The summed E-state index contributed by atoms with van der Waals surface area (Å²) in [5.74, 6) is 1.63. The molecule has 22 heavy (non-hydrogen) atoms. The van der Waals surface area contributed by atoms with Gasteiger partial charge in [0, 0.05) is 28.5 Å². The molecule has 0 spiro atoms. The van der Waals surface area contributed by atoms with Crippen LogP contribution in [0, 0.1) is 6.92 Å². The zero-order valence-corrected chi connectivity index (χ0v) is 12.6. The summed E-state index contributed by atoms with van der Waals surface area (Å²) >= 11 is 6.19. The van der Waals surface area contributed by atoms with Crippen LogP contribution in [0.15, 0.2) is 48.8 Å². The van der Waals surface area contributed by atoms with Gasteiger partial charge in [0.2, 0.25) is 0 Å². The van der Waals surface area contributed by atoms with Crippen molar-refractivity contribution in [1.29, 1.82) is 0 Å². The van der Waals surface area contributed by atoms with Crippen molar-refractivity contribution >= 4 is 22.6 Å². The first-order valence-electron chi connectivity index (χ1n) is 6.97. The minimum atomic E-state index is 0.727. The molecule has 2 aromatic carbocycles. The summed E-state index contributed by atoms with van der Waals surface area (Å²) in [4.78, 5) is 15.5. The summed E-state index contributed by atoms with van der Waals surface area (Å²) in [7, 11) is 0. The third-order valence-electron chi connectivity index (χ3n) is 3.70. The molecule has 5 heteroatoms. The molecule has 4 nitrogen and oxygen atoms in total. The third kappa shape index (κ3) is 2.09. The normalized spacial score (nSPS) is 11.2. The number of halogens is 1. The van der Waals surface area contributed by atoms with Crippen molar-refractivity contribution in [2.24, 2.45) is 0 Å². The summed E-state index contributed by atoms with van der Waals surface area (Å²) in [6.45, 7) is 1.99. The number of aryl methyl sites for hydroxylation is 1. The van der Waals surface area contributed by atoms with E-state index in [1.165, 1.54) is 0 Å². The lowest BCUT2D eigenvalue weighted by molar-refractivity contribution is 1.28. The highest BCUT2D eigenvalue weighted by Crippen LogP contribution is 2.30.